The predicted molar refractivity (Wildman–Crippen MR) is 137 cm³/mol. The standard InChI is InChI=1S/C27H31F5N2O5S/c1-33(40(36)37)26(35)20-12-19(17-3-4-17)25(13-23(20)29)39-14-16-7-9-34(10-8-16)24(15-38-2)18-5-6-22(28)21(11-18)27(30,31)32/h5-6,11-13,16-17,24H,3-4,7-10,14-15H2,1-2H3,(H,36,37)/t24-/m0/s1. The van der Waals surface area contributed by atoms with Crippen molar-refractivity contribution in [3.8, 4) is 5.75 Å². The van der Waals surface area contributed by atoms with E-state index in [1.807, 2.05) is 4.90 Å². The first-order valence-corrected chi connectivity index (χ1v) is 13.9. The fourth-order valence-corrected chi connectivity index (χ4v) is 5.23. The minimum atomic E-state index is -4.81. The highest BCUT2D eigenvalue weighted by molar-refractivity contribution is 7.77. The number of alkyl halides is 3. The van der Waals surface area contributed by atoms with Gasteiger partial charge in [-0.05, 0) is 79.9 Å². The van der Waals surface area contributed by atoms with E-state index < -0.39 is 46.6 Å². The molecule has 2 aromatic carbocycles. The normalized spacial score (nSPS) is 18.4. The van der Waals surface area contributed by atoms with Crippen molar-refractivity contribution in [1.82, 2.24) is 9.21 Å². The van der Waals surface area contributed by atoms with E-state index in [-0.39, 0.29) is 30.6 Å². The molecule has 1 unspecified atom stereocenters. The number of rotatable bonds is 10. The Bertz CT molecular complexity index is 1250. The molecule has 1 aliphatic carbocycles. The lowest BCUT2D eigenvalue weighted by atomic mass is 9.94. The van der Waals surface area contributed by atoms with Crippen molar-refractivity contribution in [2.75, 3.05) is 40.5 Å². The second kappa shape index (κ2) is 12.5. The Hall–Kier alpha value is -2.61. The molecule has 0 aromatic heterocycles. The minimum Gasteiger partial charge on any atom is -0.493 e. The smallest absolute Gasteiger partial charge is 0.419 e. The maximum atomic E-state index is 14.8. The molecule has 7 nitrogen and oxygen atoms in total. The van der Waals surface area contributed by atoms with E-state index in [9.17, 15) is 35.5 Å². The second-order valence-electron chi connectivity index (χ2n) is 10.2. The molecule has 1 amide bonds. The number of amides is 1. The Morgan fingerprint density at radius 3 is 2.38 bits per heavy atom. The molecule has 4 rings (SSSR count). The molecule has 1 saturated heterocycles. The molecule has 13 heteroatoms. The largest absolute Gasteiger partial charge is 0.493 e. The van der Waals surface area contributed by atoms with E-state index in [0.717, 1.165) is 38.1 Å². The number of carbonyl (C=O) groups is 1. The van der Waals surface area contributed by atoms with Crippen LogP contribution in [0.2, 0.25) is 0 Å². The number of piperidine rings is 1. The van der Waals surface area contributed by atoms with Gasteiger partial charge in [-0.15, -0.1) is 0 Å². The number of methoxy groups -OCH3 is 1. The van der Waals surface area contributed by atoms with Gasteiger partial charge >= 0.3 is 6.18 Å². The zero-order valence-corrected chi connectivity index (χ0v) is 22.9. The van der Waals surface area contributed by atoms with Gasteiger partial charge in [0.1, 0.15) is 17.4 Å². The van der Waals surface area contributed by atoms with Gasteiger partial charge < -0.3 is 9.47 Å². The summed E-state index contributed by atoms with van der Waals surface area (Å²) in [4.78, 5) is 14.4. The van der Waals surface area contributed by atoms with Crippen LogP contribution in [0.1, 0.15) is 64.7 Å². The van der Waals surface area contributed by atoms with Crippen LogP contribution in [0.5, 0.6) is 5.75 Å². The van der Waals surface area contributed by atoms with Crippen molar-refractivity contribution in [2.45, 2.75) is 43.8 Å². The number of benzene rings is 2. The van der Waals surface area contributed by atoms with Crippen LogP contribution in [0.4, 0.5) is 22.0 Å². The number of nitrogens with zero attached hydrogens (tertiary/aromatic N) is 2. The van der Waals surface area contributed by atoms with E-state index in [1.165, 1.54) is 19.2 Å². The summed E-state index contributed by atoms with van der Waals surface area (Å²) in [5.41, 5.74) is -0.612. The van der Waals surface area contributed by atoms with Gasteiger partial charge in [-0.2, -0.15) is 13.2 Å². The number of hydrogen-bond donors (Lipinski definition) is 1. The molecule has 2 fully saturated rings. The third-order valence-corrected chi connectivity index (χ3v) is 8.07. The van der Waals surface area contributed by atoms with Gasteiger partial charge in [-0.1, -0.05) is 6.07 Å². The van der Waals surface area contributed by atoms with Crippen LogP contribution in [-0.4, -0.2) is 64.3 Å². The number of hydrogen-bond acceptors (Lipinski definition) is 5. The molecule has 1 N–H and O–H groups in total. The SMILES string of the molecule is COC[C@@H](c1ccc(F)c(C(F)(F)F)c1)N1CCC(COc2cc(F)c(C(=O)N(C)S(=O)O)cc2C2CC2)CC1. The molecule has 1 heterocycles. The van der Waals surface area contributed by atoms with Crippen LogP contribution in [0.25, 0.3) is 0 Å². The minimum absolute atomic E-state index is 0.0952. The molecule has 1 saturated carbocycles. The monoisotopic (exact) mass is 590 g/mol. The van der Waals surface area contributed by atoms with Gasteiger partial charge in [-0.3, -0.25) is 14.2 Å². The van der Waals surface area contributed by atoms with Gasteiger partial charge in [0.05, 0.1) is 30.4 Å². The number of halogens is 5. The van der Waals surface area contributed by atoms with Crippen LogP contribution in [0.3, 0.4) is 0 Å². The Balaban J connectivity index is 1.42. The quantitative estimate of drug-likeness (QED) is 0.289. The summed E-state index contributed by atoms with van der Waals surface area (Å²) in [6, 6.07) is 5.07. The first kappa shape index (κ1) is 30.4. The molecule has 0 spiro atoms. The summed E-state index contributed by atoms with van der Waals surface area (Å²) in [5, 5.41) is 0. The number of carbonyl (C=O) groups excluding carboxylic acids is 1. The molecule has 40 heavy (non-hydrogen) atoms. The van der Waals surface area contributed by atoms with Crippen molar-refractivity contribution in [3.05, 3.63) is 64.2 Å². The lowest BCUT2D eigenvalue weighted by Crippen LogP contribution is -2.40. The van der Waals surface area contributed by atoms with Gasteiger partial charge in [0.15, 0.2) is 0 Å². The summed E-state index contributed by atoms with van der Waals surface area (Å²) < 4.78 is 101. The molecule has 2 aromatic rings. The Morgan fingerprint density at radius 1 is 1.12 bits per heavy atom. The summed E-state index contributed by atoms with van der Waals surface area (Å²) in [7, 11) is 2.56. The molecule has 2 aliphatic rings. The Morgan fingerprint density at radius 2 is 1.80 bits per heavy atom. The third kappa shape index (κ3) is 6.99. The van der Waals surface area contributed by atoms with Crippen LogP contribution in [0.15, 0.2) is 30.3 Å². The second-order valence-corrected chi connectivity index (χ2v) is 11.2. The lowest BCUT2D eigenvalue weighted by molar-refractivity contribution is -0.140. The zero-order valence-electron chi connectivity index (χ0n) is 22.0. The Labute approximate surface area is 231 Å². The van der Waals surface area contributed by atoms with Gasteiger partial charge in [-0.25, -0.2) is 17.3 Å². The van der Waals surface area contributed by atoms with Crippen molar-refractivity contribution in [2.24, 2.45) is 5.92 Å². The summed E-state index contributed by atoms with van der Waals surface area (Å²) in [6.45, 7) is 1.51. The topological polar surface area (TPSA) is 79.3 Å². The van der Waals surface area contributed by atoms with Crippen LogP contribution in [-0.2, 0) is 22.2 Å². The van der Waals surface area contributed by atoms with Crippen molar-refractivity contribution < 1.29 is 45.0 Å². The molecule has 0 bridgehead atoms. The highest BCUT2D eigenvalue weighted by atomic mass is 32.2. The van der Waals surface area contributed by atoms with Crippen LogP contribution >= 0.6 is 0 Å². The van der Waals surface area contributed by atoms with Gasteiger partial charge in [0.25, 0.3) is 17.2 Å². The number of likely N-dealkylation sites (tertiary alicyclic amines) is 1. The fourth-order valence-electron chi connectivity index (χ4n) is 4.99. The van der Waals surface area contributed by atoms with Crippen molar-refractivity contribution in [3.63, 3.8) is 0 Å². The molecule has 220 valence electrons. The molecule has 1 aliphatic heterocycles. The lowest BCUT2D eigenvalue weighted by Gasteiger charge is -2.37. The van der Waals surface area contributed by atoms with Crippen molar-refractivity contribution in [1.29, 1.82) is 0 Å². The molecule has 2 atom stereocenters. The molecular weight excluding hydrogens is 559 g/mol. The van der Waals surface area contributed by atoms with E-state index in [0.29, 0.717) is 47.1 Å². The van der Waals surface area contributed by atoms with E-state index >= 15 is 0 Å². The Kier molecular flexibility index (Phi) is 9.48. The highest BCUT2D eigenvalue weighted by Gasteiger charge is 2.36. The maximum Gasteiger partial charge on any atom is 0.419 e. The van der Waals surface area contributed by atoms with Crippen molar-refractivity contribution >= 4 is 17.2 Å². The van der Waals surface area contributed by atoms with Crippen LogP contribution in [0, 0.1) is 17.6 Å². The average Bonchev–Trinajstić information content (AvgIpc) is 3.75. The van der Waals surface area contributed by atoms with Gasteiger partial charge in [0.2, 0.25) is 0 Å². The summed E-state index contributed by atoms with van der Waals surface area (Å²) in [6.07, 6.45) is -1.76. The summed E-state index contributed by atoms with van der Waals surface area (Å²) >= 11 is -2.58. The molecule has 0 radical (unpaired) electrons. The average molecular weight is 591 g/mol. The third-order valence-electron chi connectivity index (χ3n) is 7.44. The first-order valence-electron chi connectivity index (χ1n) is 12.9. The van der Waals surface area contributed by atoms with E-state index in [2.05, 4.69) is 0 Å². The number of ether oxygens (including phenoxy) is 2. The maximum absolute atomic E-state index is 14.8. The van der Waals surface area contributed by atoms with Gasteiger partial charge in [0, 0.05) is 20.2 Å². The molecular formula is C27H31F5N2O5S. The summed E-state index contributed by atoms with van der Waals surface area (Å²) in [5.74, 6) is -2.54. The predicted octanol–water partition coefficient (Wildman–Crippen LogP) is 5.55. The first-order chi connectivity index (χ1) is 18.9. The zero-order chi connectivity index (χ0) is 29.2. The van der Waals surface area contributed by atoms with Crippen LogP contribution < -0.4 is 4.74 Å². The highest BCUT2D eigenvalue weighted by Crippen LogP contribution is 2.45. The van der Waals surface area contributed by atoms with E-state index in [4.69, 9.17) is 9.47 Å². The fraction of sp³-hybridized carbons (Fsp3) is 0.519. The van der Waals surface area contributed by atoms with E-state index in [1.54, 1.807) is 0 Å².